The predicted molar refractivity (Wildman–Crippen MR) is 74.7 cm³/mol. The van der Waals surface area contributed by atoms with Gasteiger partial charge in [-0.15, -0.1) is 10.2 Å². The Hall–Kier alpha value is -1.21. The van der Waals surface area contributed by atoms with Gasteiger partial charge in [-0.1, -0.05) is 11.3 Å². The summed E-state index contributed by atoms with van der Waals surface area (Å²) in [6, 6.07) is 0.779. The lowest BCUT2D eigenvalue weighted by atomic mass is 10.1. The summed E-state index contributed by atoms with van der Waals surface area (Å²) in [5.41, 5.74) is 1.77. The smallest absolute Gasteiger partial charge is 0.228 e. The first kappa shape index (κ1) is 12.5. The van der Waals surface area contributed by atoms with E-state index in [0.717, 1.165) is 44.1 Å². The Labute approximate surface area is 121 Å². The molecule has 0 bridgehead atoms. The number of fused-ring (bicyclic) bond motifs is 1. The fraction of sp³-hybridized carbons (Fsp3) is 0.769. The Balaban J connectivity index is 1.49. The van der Waals surface area contributed by atoms with Crippen LogP contribution in [0.2, 0.25) is 0 Å². The molecule has 3 atom stereocenters. The van der Waals surface area contributed by atoms with E-state index in [1.54, 1.807) is 16.8 Å². The molecule has 0 aromatic carbocycles. The van der Waals surface area contributed by atoms with Crippen LogP contribution in [0.25, 0.3) is 0 Å². The van der Waals surface area contributed by atoms with Gasteiger partial charge in [0.2, 0.25) is 11.0 Å². The second-order valence-electron chi connectivity index (χ2n) is 5.72. The lowest BCUT2D eigenvalue weighted by Gasteiger charge is -2.26. The third-order valence-electron chi connectivity index (χ3n) is 4.73. The summed E-state index contributed by atoms with van der Waals surface area (Å²) < 4.78 is 5.35. The van der Waals surface area contributed by atoms with E-state index in [0.29, 0.717) is 24.6 Å². The topological polar surface area (TPSA) is 58.6 Å². The summed E-state index contributed by atoms with van der Waals surface area (Å²) in [5.74, 6) is 0.387. The van der Waals surface area contributed by atoms with Gasteiger partial charge < -0.3 is 14.5 Å². The van der Waals surface area contributed by atoms with Crippen LogP contribution < -0.4 is 4.90 Å². The van der Waals surface area contributed by atoms with Gasteiger partial charge in [-0.3, -0.25) is 4.79 Å². The van der Waals surface area contributed by atoms with Crippen molar-refractivity contribution in [2.45, 2.75) is 31.3 Å². The average molecular weight is 294 g/mol. The highest BCUT2D eigenvalue weighted by molar-refractivity contribution is 7.13. The van der Waals surface area contributed by atoms with E-state index in [1.165, 1.54) is 0 Å². The van der Waals surface area contributed by atoms with E-state index < -0.39 is 0 Å². The largest absolute Gasteiger partial charge is 0.381 e. The Morgan fingerprint density at radius 1 is 1.30 bits per heavy atom. The molecule has 0 saturated carbocycles. The van der Waals surface area contributed by atoms with Crippen LogP contribution in [0, 0.1) is 5.92 Å². The van der Waals surface area contributed by atoms with E-state index in [-0.39, 0.29) is 5.92 Å². The molecule has 4 heterocycles. The SMILES string of the molecule is O=C([C@@H]1CCOC1)N1CC[C@H]2[C@H]1CCN2c1nncs1. The lowest BCUT2D eigenvalue weighted by Crippen LogP contribution is -2.42. The normalized spacial score (nSPS) is 32.9. The van der Waals surface area contributed by atoms with Crippen LogP contribution in [0.5, 0.6) is 0 Å². The van der Waals surface area contributed by atoms with Gasteiger partial charge in [0.1, 0.15) is 5.51 Å². The molecule has 0 aliphatic carbocycles. The molecule has 4 rings (SSSR count). The average Bonchev–Trinajstić information content (AvgIpc) is 3.21. The van der Waals surface area contributed by atoms with Crippen LogP contribution in [-0.2, 0) is 9.53 Å². The van der Waals surface area contributed by atoms with E-state index in [4.69, 9.17) is 4.74 Å². The third-order valence-corrected chi connectivity index (χ3v) is 5.46. The number of hydrogen-bond acceptors (Lipinski definition) is 6. The van der Waals surface area contributed by atoms with Gasteiger partial charge in [-0.25, -0.2) is 0 Å². The summed E-state index contributed by atoms with van der Waals surface area (Å²) >= 11 is 1.58. The van der Waals surface area contributed by atoms with Crippen LogP contribution in [0.15, 0.2) is 5.51 Å². The first-order chi connectivity index (χ1) is 9.84. The van der Waals surface area contributed by atoms with Crippen LogP contribution in [-0.4, -0.2) is 59.4 Å². The highest BCUT2D eigenvalue weighted by Gasteiger charge is 2.46. The molecule has 3 aliphatic rings. The van der Waals surface area contributed by atoms with E-state index in [9.17, 15) is 4.79 Å². The molecule has 1 aromatic heterocycles. The van der Waals surface area contributed by atoms with E-state index in [1.807, 2.05) is 0 Å². The number of hydrogen-bond donors (Lipinski definition) is 0. The molecule has 6 nitrogen and oxygen atoms in total. The Morgan fingerprint density at radius 3 is 2.95 bits per heavy atom. The quantitative estimate of drug-likeness (QED) is 0.806. The van der Waals surface area contributed by atoms with Crippen LogP contribution in [0.4, 0.5) is 5.13 Å². The van der Waals surface area contributed by atoms with Crippen molar-refractivity contribution in [3.05, 3.63) is 5.51 Å². The molecule has 0 radical (unpaired) electrons. The number of anilines is 1. The first-order valence-corrected chi connectivity index (χ1v) is 8.13. The van der Waals surface area contributed by atoms with E-state index in [2.05, 4.69) is 20.0 Å². The molecule has 3 fully saturated rings. The standard InChI is InChI=1S/C13H18N4O2S/c18-12(9-3-6-19-7-9)16-4-1-11-10(16)2-5-17(11)13-15-14-8-20-13/h8-11H,1-7H2/t9-,10-,11+/m1/s1. The number of likely N-dealkylation sites (tertiary alicyclic amines) is 1. The van der Waals surface area contributed by atoms with Crippen molar-refractivity contribution in [3.63, 3.8) is 0 Å². The molecule has 0 spiro atoms. The number of nitrogens with zero attached hydrogens (tertiary/aromatic N) is 4. The number of carbonyl (C=O) groups is 1. The molecular weight excluding hydrogens is 276 g/mol. The summed E-state index contributed by atoms with van der Waals surface area (Å²) in [6.07, 6.45) is 2.97. The molecule has 1 aromatic rings. The van der Waals surface area contributed by atoms with Crippen molar-refractivity contribution >= 4 is 22.4 Å². The van der Waals surface area contributed by atoms with Gasteiger partial charge in [0, 0.05) is 19.7 Å². The zero-order valence-electron chi connectivity index (χ0n) is 11.3. The molecule has 20 heavy (non-hydrogen) atoms. The Bertz CT molecular complexity index is 489. The molecule has 3 aliphatic heterocycles. The van der Waals surface area contributed by atoms with E-state index >= 15 is 0 Å². The minimum atomic E-state index is 0.0873. The molecular formula is C13H18N4O2S. The van der Waals surface area contributed by atoms with Crippen molar-refractivity contribution < 1.29 is 9.53 Å². The lowest BCUT2D eigenvalue weighted by molar-refractivity contribution is -0.136. The van der Waals surface area contributed by atoms with Crippen molar-refractivity contribution in [2.75, 3.05) is 31.2 Å². The van der Waals surface area contributed by atoms with Gasteiger partial charge in [0.15, 0.2) is 0 Å². The van der Waals surface area contributed by atoms with Gasteiger partial charge in [-0.05, 0) is 19.3 Å². The zero-order chi connectivity index (χ0) is 13.5. The van der Waals surface area contributed by atoms with Crippen molar-refractivity contribution in [3.8, 4) is 0 Å². The van der Waals surface area contributed by atoms with Gasteiger partial charge in [0.05, 0.1) is 24.6 Å². The van der Waals surface area contributed by atoms with Crippen molar-refractivity contribution in [1.29, 1.82) is 0 Å². The molecule has 108 valence electrons. The van der Waals surface area contributed by atoms with Crippen LogP contribution in [0.1, 0.15) is 19.3 Å². The summed E-state index contributed by atoms with van der Waals surface area (Å²) in [4.78, 5) is 17.0. The Kier molecular flexibility index (Phi) is 3.11. The monoisotopic (exact) mass is 294 g/mol. The highest BCUT2D eigenvalue weighted by Crippen LogP contribution is 2.36. The number of amides is 1. The maximum absolute atomic E-state index is 12.6. The maximum Gasteiger partial charge on any atom is 0.228 e. The number of carbonyl (C=O) groups excluding carboxylic acids is 1. The van der Waals surface area contributed by atoms with Gasteiger partial charge >= 0.3 is 0 Å². The third kappa shape index (κ3) is 1.91. The minimum Gasteiger partial charge on any atom is -0.381 e. The maximum atomic E-state index is 12.6. The van der Waals surface area contributed by atoms with Crippen molar-refractivity contribution in [1.82, 2.24) is 15.1 Å². The number of ether oxygens (including phenoxy) is 1. The zero-order valence-corrected chi connectivity index (χ0v) is 12.1. The summed E-state index contributed by atoms with van der Waals surface area (Å²) in [5, 5.41) is 9.10. The highest BCUT2D eigenvalue weighted by atomic mass is 32.1. The second-order valence-corrected chi connectivity index (χ2v) is 6.53. The summed E-state index contributed by atoms with van der Waals surface area (Å²) in [7, 11) is 0. The molecule has 0 unspecified atom stereocenters. The molecule has 3 saturated heterocycles. The van der Waals surface area contributed by atoms with Gasteiger partial charge in [0.25, 0.3) is 0 Å². The second kappa shape index (κ2) is 4.96. The van der Waals surface area contributed by atoms with Gasteiger partial charge in [-0.2, -0.15) is 0 Å². The summed E-state index contributed by atoms with van der Waals surface area (Å²) in [6.45, 7) is 3.19. The minimum absolute atomic E-state index is 0.0873. The first-order valence-electron chi connectivity index (χ1n) is 7.25. The van der Waals surface area contributed by atoms with Crippen LogP contribution >= 0.6 is 11.3 Å². The fourth-order valence-electron chi connectivity index (χ4n) is 3.75. The number of rotatable bonds is 2. The Morgan fingerprint density at radius 2 is 2.20 bits per heavy atom. The molecule has 7 heteroatoms. The van der Waals surface area contributed by atoms with Crippen LogP contribution in [0.3, 0.4) is 0 Å². The fourth-order valence-corrected chi connectivity index (χ4v) is 4.40. The molecule has 0 N–H and O–H groups in total. The number of aromatic nitrogens is 2. The van der Waals surface area contributed by atoms with Crippen molar-refractivity contribution in [2.24, 2.45) is 5.92 Å². The molecule has 1 amide bonds. The predicted octanol–water partition coefficient (Wildman–Crippen LogP) is 0.754.